The number of fused-ring (bicyclic) bond motifs is 1. The van der Waals surface area contributed by atoms with Gasteiger partial charge in [-0.05, 0) is 11.6 Å². The Labute approximate surface area is 122 Å². The summed E-state index contributed by atoms with van der Waals surface area (Å²) in [4.78, 5) is 25.6. The fourth-order valence-corrected chi connectivity index (χ4v) is 2.65. The molecule has 0 saturated carbocycles. The molecule has 21 heavy (non-hydrogen) atoms. The van der Waals surface area contributed by atoms with Gasteiger partial charge in [-0.25, -0.2) is 4.79 Å². The molecule has 2 aliphatic rings. The highest BCUT2D eigenvalue weighted by atomic mass is 16.6. The number of carbonyl (C=O) groups excluding carboxylic acids is 2. The second kappa shape index (κ2) is 5.73. The number of hydrogen-bond donors (Lipinski definition) is 0. The highest BCUT2D eigenvalue weighted by molar-refractivity contribution is 5.84. The lowest BCUT2D eigenvalue weighted by Gasteiger charge is -2.32. The van der Waals surface area contributed by atoms with E-state index in [0.717, 1.165) is 11.3 Å². The van der Waals surface area contributed by atoms with Crippen LogP contribution in [0.2, 0.25) is 0 Å². The van der Waals surface area contributed by atoms with E-state index in [4.69, 9.17) is 9.47 Å². The molecule has 2 heterocycles. The van der Waals surface area contributed by atoms with Gasteiger partial charge in [-0.1, -0.05) is 18.2 Å². The van der Waals surface area contributed by atoms with Crippen molar-refractivity contribution in [3.8, 4) is 5.75 Å². The van der Waals surface area contributed by atoms with Gasteiger partial charge < -0.3 is 19.1 Å². The molecule has 0 N–H and O–H groups in total. The number of morpholine rings is 1. The van der Waals surface area contributed by atoms with Crippen molar-refractivity contribution < 1.29 is 23.8 Å². The molecule has 2 unspecified atom stereocenters. The molecule has 0 aliphatic carbocycles. The van der Waals surface area contributed by atoms with Crippen molar-refractivity contribution in [2.45, 2.75) is 18.6 Å². The number of carbonyl (C=O) groups is 2. The fourth-order valence-electron chi connectivity index (χ4n) is 2.65. The van der Waals surface area contributed by atoms with Crippen LogP contribution in [0.15, 0.2) is 24.3 Å². The van der Waals surface area contributed by atoms with E-state index in [0.29, 0.717) is 19.6 Å². The predicted molar refractivity (Wildman–Crippen MR) is 72.9 cm³/mol. The van der Waals surface area contributed by atoms with Crippen molar-refractivity contribution in [2.24, 2.45) is 0 Å². The molecule has 0 bridgehead atoms. The van der Waals surface area contributed by atoms with Gasteiger partial charge in [0.05, 0.1) is 20.3 Å². The molecule has 0 aromatic heterocycles. The maximum Gasteiger partial charge on any atom is 0.336 e. The van der Waals surface area contributed by atoms with Crippen molar-refractivity contribution in [3.05, 3.63) is 29.8 Å². The summed E-state index contributed by atoms with van der Waals surface area (Å²) in [6.45, 7) is 0.995. The molecule has 1 amide bonds. The Morgan fingerprint density at radius 1 is 1.29 bits per heavy atom. The van der Waals surface area contributed by atoms with Crippen LogP contribution in [0, 0.1) is 0 Å². The van der Waals surface area contributed by atoms with E-state index >= 15 is 0 Å². The van der Waals surface area contributed by atoms with Crippen molar-refractivity contribution in [2.75, 3.05) is 26.8 Å². The number of ether oxygens (including phenoxy) is 3. The van der Waals surface area contributed by atoms with E-state index < -0.39 is 18.2 Å². The molecular weight excluding hydrogens is 274 g/mol. The summed E-state index contributed by atoms with van der Waals surface area (Å²) >= 11 is 0. The summed E-state index contributed by atoms with van der Waals surface area (Å²) in [7, 11) is 1.31. The Bertz CT molecular complexity index is 534. The summed E-state index contributed by atoms with van der Waals surface area (Å²) in [5.74, 6) is 0.195. The van der Waals surface area contributed by atoms with Crippen molar-refractivity contribution in [3.63, 3.8) is 0 Å². The summed E-state index contributed by atoms with van der Waals surface area (Å²) in [5, 5.41) is 0. The van der Waals surface area contributed by atoms with E-state index in [2.05, 4.69) is 4.74 Å². The lowest BCUT2D eigenvalue weighted by Crippen LogP contribution is -2.52. The third-order valence-electron chi connectivity index (χ3n) is 3.76. The lowest BCUT2D eigenvalue weighted by molar-refractivity contribution is -0.164. The van der Waals surface area contributed by atoms with Gasteiger partial charge in [0.2, 0.25) is 0 Å². The molecule has 6 heteroatoms. The van der Waals surface area contributed by atoms with Crippen LogP contribution in [0.5, 0.6) is 5.75 Å². The molecule has 2 aliphatic heterocycles. The van der Waals surface area contributed by atoms with E-state index in [9.17, 15) is 9.59 Å². The van der Waals surface area contributed by atoms with Gasteiger partial charge in [-0.2, -0.15) is 0 Å². The number of para-hydroxylation sites is 1. The largest absolute Gasteiger partial charge is 0.480 e. The number of nitrogens with zero attached hydrogens (tertiary/aromatic N) is 1. The Balaban J connectivity index is 1.65. The van der Waals surface area contributed by atoms with Crippen LogP contribution in [0.1, 0.15) is 5.56 Å². The minimum atomic E-state index is -0.712. The highest BCUT2D eigenvalue weighted by Crippen LogP contribution is 2.29. The Morgan fingerprint density at radius 2 is 2.10 bits per heavy atom. The second-order valence-electron chi connectivity index (χ2n) is 5.09. The van der Waals surface area contributed by atoms with Gasteiger partial charge >= 0.3 is 5.97 Å². The summed E-state index contributed by atoms with van der Waals surface area (Å²) in [6, 6.07) is 7.63. The predicted octanol–water partition coefficient (Wildman–Crippen LogP) is 0.390. The Hall–Kier alpha value is -2.08. The molecule has 0 radical (unpaired) electrons. The van der Waals surface area contributed by atoms with Crippen LogP contribution in [0.25, 0.3) is 0 Å². The molecular formula is C15H17NO5. The summed E-state index contributed by atoms with van der Waals surface area (Å²) in [5.41, 5.74) is 1.04. The van der Waals surface area contributed by atoms with E-state index in [1.807, 2.05) is 24.3 Å². The van der Waals surface area contributed by atoms with Crippen LogP contribution in [-0.4, -0.2) is 55.8 Å². The minimum absolute atomic E-state index is 0.108. The first-order chi connectivity index (χ1) is 10.2. The topological polar surface area (TPSA) is 65.1 Å². The van der Waals surface area contributed by atoms with Crippen LogP contribution >= 0.6 is 0 Å². The van der Waals surface area contributed by atoms with E-state index in [1.165, 1.54) is 7.11 Å². The average molecular weight is 291 g/mol. The summed E-state index contributed by atoms with van der Waals surface area (Å²) in [6.07, 6.45) is -0.662. The number of methoxy groups -OCH3 is 1. The molecule has 3 rings (SSSR count). The first-order valence-electron chi connectivity index (χ1n) is 6.92. The fraction of sp³-hybridized carbons (Fsp3) is 0.467. The van der Waals surface area contributed by atoms with Crippen LogP contribution < -0.4 is 4.74 Å². The quantitative estimate of drug-likeness (QED) is 0.738. The summed E-state index contributed by atoms with van der Waals surface area (Å²) < 4.78 is 15.7. The average Bonchev–Trinajstić information content (AvgIpc) is 2.97. The third kappa shape index (κ3) is 2.71. The van der Waals surface area contributed by atoms with Crippen molar-refractivity contribution >= 4 is 11.9 Å². The zero-order valence-electron chi connectivity index (χ0n) is 11.8. The first kappa shape index (κ1) is 13.9. The second-order valence-corrected chi connectivity index (χ2v) is 5.09. The minimum Gasteiger partial charge on any atom is -0.480 e. The molecule has 6 nitrogen and oxygen atoms in total. The maximum atomic E-state index is 12.5. The van der Waals surface area contributed by atoms with Gasteiger partial charge in [0.15, 0.2) is 12.2 Å². The molecule has 0 spiro atoms. The van der Waals surface area contributed by atoms with Crippen LogP contribution in [0.4, 0.5) is 0 Å². The molecule has 112 valence electrons. The van der Waals surface area contributed by atoms with Crippen molar-refractivity contribution in [1.29, 1.82) is 0 Å². The Morgan fingerprint density at radius 3 is 2.86 bits per heavy atom. The number of esters is 1. The number of hydrogen-bond acceptors (Lipinski definition) is 5. The standard InChI is InChI=1S/C15H17NO5/c1-19-15(18)13-9-16(6-7-20-13)14(17)12-8-10-4-2-3-5-11(10)21-12/h2-5,12-13H,6-9H2,1H3. The molecule has 2 atom stereocenters. The molecule has 1 aromatic rings. The van der Waals surface area contributed by atoms with E-state index in [-0.39, 0.29) is 12.5 Å². The first-order valence-corrected chi connectivity index (χ1v) is 6.92. The SMILES string of the molecule is COC(=O)C1CN(C(=O)C2Cc3ccccc3O2)CCO1. The zero-order chi connectivity index (χ0) is 14.8. The van der Waals surface area contributed by atoms with Crippen LogP contribution in [-0.2, 0) is 25.5 Å². The monoisotopic (exact) mass is 291 g/mol. The number of rotatable bonds is 2. The normalized spacial score (nSPS) is 24.1. The molecule has 1 fully saturated rings. The highest BCUT2D eigenvalue weighted by Gasteiger charge is 2.36. The molecule has 1 aromatic carbocycles. The van der Waals surface area contributed by atoms with E-state index in [1.54, 1.807) is 4.90 Å². The lowest BCUT2D eigenvalue weighted by atomic mass is 10.1. The van der Waals surface area contributed by atoms with Gasteiger partial charge in [-0.3, -0.25) is 4.79 Å². The zero-order valence-corrected chi connectivity index (χ0v) is 11.8. The number of amides is 1. The van der Waals surface area contributed by atoms with Gasteiger partial charge in [0, 0.05) is 13.0 Å². The molecule has 1 saturated heterocycles. The Kier molecular flexibility index (Phi) is 3.79. The smallest absolute Gasteiger partial charge is 0.336 e. The van der Waals surface area contributed by atoms with Gasteiger partial charge in [0.1, 0.15) is 5.75 Å². The van der Waals surface area contributed by atoms with Crippen molar-refractivity contribution in [1.82, 2.24) is 4.90 Å². The maximum absolute atomic E-state index is 12.5. The van der Waals surface area contributed by atoms with Gasteiger partial charge in [0.25, 0.3) is 5.91 Å². The van der Waals surface area contributed by atoms with Gasteiger partial charge in [-0.15, -0.1) is 0 Å². The third-order valence-corrected chi connectivity index (χ3v) is 3.76. The number of benzene rings is 1. The van der Waals surface area contributed by atoms with Crippen LogP contribution in [0.3, 0.4) is 0 Å².